The van der Waals surface area contributed by atoms with Gasteiger partial charge >= 0.3 is 0 Å². The highest BCUT2D eigenvalue weighted by atomic mass is 35.5. The molecule has 1 rings (SSSR count). The number of hydrogen-bond donors (Lipinski definition) is 1. The molecule has 114 valence electrons. The molecule has 1 aromatic carbocycles. The third-order valence-corrected chi connectivity index (χ3v) is 4.21. The van der Waals surface area contributed by atoms with Crippen molar-refractivity contribution < 1.29 is 4.74 Å². The molecule has 0 saturated carbocycles. The van der Waals surface area contributed by atoms with E-state index in [2.05, 4.69) is 27.7 Å². The van der Waals surface area contributed by atoms with E-state index in [1.165, 1.54) is 5.56 Å². The van der Waals surface area contributed by atoms with Crippen LogP contribution in [0.2, 0.25) is 5.02 Å². The fourth-order valence-electron chi connectivity index (χ4n) is 2.68. The zero-order valence-electron chi connectivity index (χ0n) is 13.3. The maximum Gasteiger partial charge on any atom is 0.126 e. The van der Waals surface area contributed by atoms with Crippen molar-refractivity contribution in [2.45, 2.75) is 59.3 Å². The van der Waals surface area contributed by atoms with Crippen LogP contribution in [0.4, 0.5) is 0 Å². The monoisotopic (exact) mass is 297 g/mol. The molecule has 0 aliphatic carbocycles. The molecule has 0 amide bonds. The van der Waals surface area contributed by atoms with E-state index in [1.54, 1.807) is 0 Å². The molecule has 0 heterocycles. The predicted octanol–water partition coefficient (Wildman–Crippen LogP) is 4.98. The SMILES string of the molecule is CCCOc1c(C)cc(Cl)c(C)c1C(CC)CCCN. The van der Waals surface area contributed by atoms with Gasteiger partial charge in [-0.3, -0.25) is 0 Å². The van der Waals surface area contributed by atoms with Gasteiger partial charge in [0.05, 0.1) is 6.61 Å². The first-order chi connectivity index (χ1) is 9.56. The highest BCUT2D eigenvalue weighted by Gasteiger charge is 2.21. The summed E-state index contributed by atoms with van der Waals surface area (Å²) in [5.74, 6) is 1.51. The van der Waals surface area contributed by atoms with Crippen LogP contribution in [-0.4, -0.2) is 13.2 Å². The minimum absolute atomic E-state index is 0.475. The summed E-state index contributed by atoms with van der Waals surface area (Å²) in [4.78, 5) is 0. The smallest absolute Gasteiger partial charge is 0.126 e. The van der Waals surface area contributed by atoms with Gasteiger partial charge in [-0.15, -0.1) is 0 Å². The van der Waals surface area contributed by atoms with Crippen molar-refractivity contribution in [3.8, 4) is 5.75 Å². The number of aryl methyl sites for hydroxylation is 1. The Kier molecular flexibility index (Phi) is 7.39. The second-order valence-corrected chi connectivity index (χ2v) is 5.83. The summed E-state index contributed by atoms with van der Waals surface area (Å²) >= 11 is 6.38. The summed E-state index contributed by atoms with van der Waals surface area (Å²) in [5.41, 5.74) is 9.25. The Hall–Kier alpha value is -0.730. The van der Waals surface area contributed by atoms with Gasteiger partial charge < -0.3 is 10.5 Å². The molecule has 2 nitrogen and oxygen atoms in total. The summed E-state index contributed by atoms with van der Waals surface area (Å²) in [6.45, 7) is 10.0. The van der Waals surface area contributed by atoms with Crippen molar-refractivity contribution >= 4 is 11.6 Å². The van der Waals surface area contributed by atoms with Gasteiger partial charge in [0, 0.05) is 10.6 Å². The minimum atomic E-state index is 0.475. The van der Waals surface area contributed by atoms with Crippen LogP contribution >= 0.6 is 11.6 Å². The molecular weight excluding hydrogens is 270 g/mol. The molecule has 0 fully saturated rings. The number of benzene rings is 1. The lowest BCUT2D eigenvalue weighted by Gasteiger charge is -2.24. The highest BCUT2D eigenvalue weighted by molar-refractivity contribution is 6.31. The summed E-state index contributed by atoms with van der Waals surface area (Å²) in [6.07, 6.45) is 4.23. The first-order valence-corrected chi connectivity index (χ1v) is 8.06. The highest BCUT2D eigenvalue weighted by Crippen LogP contribution is 2.40. The first kappa shape index (κ1) is 17.3. The van der Waals surface area contributed by atoms with Crippen LogP contribution in [0.15, 0.2) is 6.07 Å². The summed E-state index contributed by atoms with van der Waals surface area (Å²) in [5, 5.41) is 0.840. The lowest BCUT2D eigenvalue weighted by Crippen LogP contribution is -2.09. The lowest BCUT2D eigenvalue weighted by molar-refractivity contribution is 0.308. The van der Waals surface area contributed by atoms with E-state index in [4.69, 9.17) is 22.1 Å². The van der Waals surface area contributed by atoms with Crippen LogP contribution in [-0.2, 0) is 0 Å². The third-order valence-electron chi connectivity index (χ3n) is 3.82. The molecule has 1 atom stereocenters. The largest absolute Gasteiger partial charge is 0.493 e. The summed E-state index contributed by atoms with van der Waals surface area (Å²) in [7, 11) is 0. The molecule has 0 aromatic heterocycles. The van der Waals surface area contributed by atoms with Gasteiger partial charge in [0.2, 0.25) is 0 Å². The van der Waals surface area contributed by atoms with Crippen LogP contribution in [0, 0.1) is 13.8 Å². The Bertz CT molecular complexity index is 431. The lowest BCUT2D eigenvalue weighted by atomic mass is 9.86. The van der Waals surface area contributed by atoms with Crippen molar-refractivity contribution in [3.05, 3.63) is 27.8 Å². The zero-order chi connectivity index (χ0) is 15.1. The molecule has 0 bridgehead atoms. The average molecular weight is 298 g/mol. The first-order valence-electron chi connectivity index (χ1n) is 7.69. The Balaban J connectivity index is 3.23. The zero-order valence-corrected chi connectivity index (χ0v) is 14.0. The fraction of sp³-hybridized carbons (Fsp3) is 0.647. The van der Waals surface area contributed by atoms with Gasteiger partial charge in [0.1, 0.15) is 5.75 Å². The van der Waals surface area contributed by atoms with Gasteiger partial charge in [-0.25, -0.2) is 0 Å². The Labute approximate surface area is 128 Å². The van der Waals surface area contributed by atoms with Gasteiger partial charge in [0.25, 0.3) is 0 Å². The number of hydrogen-bond acceptors (Lipinski definition) is 2. The van der Waals surface area contributed by atoms with Crippen molar-refractivity contribution in [2.75, 3.05) is 13.2 Å². The number of nitrogens with two attached hydrogens (primary N) is 1. The van der Waals surface area contributed by atoms with Crippen LogP contribution in [0.5, 0.6) is 5.75 Å². The predicted molar refractivity (Wildman–Crippen MR) is 88.0 cm³/mol. The molecule has 20 heavy (non-hydrogen) atoms. The van der Waals surface area contributed by atoms with E-state index in [0.717, 1.165) is 60.7 Å². The van der Waals surface area contributed by atoms with Crippen LogP contribution in [0.25, 0.3) is 0 Å². The van der Waals surface area contributed by atoms with Crippen molar-refractivity contribution in [3.63, 3.8) is 0 Å². The quantitative estimate of drug-likeness (QED) is 0.734. The second-order valence-electron chi connectivity index (χ2n) is 5.43. The van der Waals surface area contributed by atoms with Crippen LogP contribution in [0.1, 0.15) is 62.1 Å². The summed E-state index contributed by atoms with van der Waals surface area (Å²) in [6, 6.07) is 2.01. The fourth-order valence-corrected chi connectivity index (χ4v) is 2.94. The number of halogens is 1. The Morgan fingerprint density at radius 1 is 1.30 bits per heavy atom. The van der Waals surface area contributed by atoms with E-state index < -0.39 is 0 Å². The minimum Gasteiger partial charge on any atom is -0.493 e. The Morgan fingerprint density at radius 3 is 2.55 bits per heavy atom. The average Bonchev–Trinajstić information content (AvgIpc) is 2.43. The molecule has 0 radical (unpaired) electrons. The Morgan fingerprint density at radius 2 is 2.00 bits per heavy atom. The van der Waals surface area contributed by atoms with Gasteiger partial charge in [-0.1, -0.05) is 25.4 Å². The molecule has 1 aromatic rings. The molecule has 0 saturated heterocycles. The van der Waals surface area contributed by atoms with Gasteiger partial charge in [0.15, 0.2) is 0 Å². The molecule has 0 aliphatic heterocycles. The maximum atomic E-state index is 6.38. The molecule has 0 aliphatic rings. The number of ether oxygens (including phenoxy) is 1. The van der Waals surface area contributed by atoms with Crippen LogP contribution in [0.3, 0.4) is 0 Å². The van der Waals surface area contributed by atoms with Gasteiger partial charge in [-0.05, 0) is 69.2 Å². The van der Waals surface area contributed by atoms with Crippen molar-refractivity contribution in [1.82, 2.24) is 0 Å². The molecule has 3 heteroatoms. The molecule has 1 unspecified atom stereocenters. The maximum absolute atomic E-state index is 6.38. The molecule has 0 spiro atoms. The standard InChI is InChI=1S/C17H28ClNO/c1-5-10-20-17-12(3)11-15(18)13(4)16(17)14(6-2)8-7-9-19/h11,14H,5-10,19H2,1-4H3. The van der Waals surface area contributed by atoms with E-state index in [0.29, 0.717) is 5.92 Å². The normalized spacial score (nSPS) is 12.5. The van der Waals surface area contributed by atoms with E-state index in [-0.39, 0.29) is 0 Å². The molecule has 2 N–H and O–H groups in total. The third kappa shape index (κ3) is 4.13. The topological polar surface area (TPSA) is 35.2 Å². The summed E-state index contributed by atoms with van der Waals surface area (Å²) < 4.78 is 6.03. The molecular formula is C17H28ClNO. The number of rotatable bonds is 8. The van der Waals surface area contributed by atoms with Crippen LogP contribution < -0.4 is 10.5 Å². The van der Waals surface area contributed by atoms with E-state index in [9.17, 15) is 0 Å². The van der Waals surface area contributed by atoms with E-state index in [1.807, 2.05) is 6.07 Å². The van der Waals surface area contributed by atoms with Crippen molar-refractivity contribution in [2.24, 2.45) is 5.73 Å². The van der Waals surface area contributed by atoms with Gasteiger partial charge in [-0.2, -0.15) is 0 Å². The second kappa shape index (κ2) is 8.53. The van der Waals surface area contributed by atoms with Crippen molar-refractivity contribution in [1.29, 1.82) is 0 Å². The van der Waals surface area contributed by atoms with E-state index >= 15 is 0 Å².